The number of H-pyrrole nitrogens is 1. The number of hydrogen-bond acceptors (Lipinski definition) is 5. The van der Waals surface area contributed by atoms with Gasteiger partial charge in [0.1, 0.15) is 0 Å². The molecule has 2 rings (SSSR count). The third-order valence-electron chi connectivity index (χ3n) is 2.54. The molecule has 1 aromatic carbocycles. The summed E-state index contributed by atoms with van der Waals surface area (Å²) in [5.41, 5.74) is 0.849. The Morgan fingerprint density at radius 3 is 2.67 bits per heavy atom. The van der Waals surface area contributed by atoms with Crippen molar-refractivity contribution < 1.29 is 14.6 Å². The summed E-state index contributed by atoms with van der Waals surface area (Å²) in [6.45, 7) is 0. The topological polar surface area (TPSA) is 71.6 Å². The fourth-order valence-electron chi connectivity index (χ4n) is 1.74. The number of aromatic hydroxyl groups is 1. The molecule has 0 atom stereocenters. The first-order valence-electron chi connectivity index (χ1n) is 5.26. The van der Waals surface area contributed by atoms with E-state index in [4.69, 9.17) is 9.47 Å². The molecule has 18 heavy (non-hydrogen) atoms. The highest BCUT2D eigenvalue weighted by Gasteiger charge is 2.13. The van der Waals surface area contributed by atoms with Gasteiger partial charge in [-0.2, -0.15) is 0 Å². The Hall–Kier alpha value is -1.95. The van der Waals surface area contributed by atoms with Crippen molar-refractivity contribution in [2.24, 2.45) is 0 Å². The average Bonchev–Trinajstić information content (AvgIpc) is 2.67. The molecule has 0 aliphatic carbocycles. The lowest BCUT2D eigenvalue weighted by atomic mass is 10.1. The summed E-state index contributed by atoms with van der Waals surface area (Å²) in [5.74, 6) is 1.15. The number of rotatable bonds is 4. The molecule has 0 spiro atoms. The lowest BCUT2D eigenvalue weighted by molar-refractivity contribution is 0.352. The van der Waals surface area contributed by atoms with Crippen LogP contribution in [-0.2, 0) is 6.42 Å². The van der Waals surface area contributed by atoms with Crippen LogP contribution in [0.3, 0.4) is 0 Å². The highest BCUT2D eigenvalue weighted by Crippen LogP contribution is 2.33. The summed E-state index contributed by atoms with van der Waals surface area (Å²) in [4.78, 5) is 13.8. The van der Waals surface area contributed by atoms with Gasteiger partial charge in [0, 0.05) is 12.0 Å². The molecule has 96 valence electrons. The molecule has 0 unspecified atom stereocenters. The number of aromatic nitrogens is 1. The molecule has 1 heterocycles. The second-order valence-corrected chi connectivity index (χ2v) is 4.68. The van der Waals surface area contributed by atoms with E-state index in [-0.39, 0.29) is 10.8 Å². The van der Waals surface area contributed by atoms with Crippen molar-refractivity contribution in [1.82, 2.24) is 4.98 Å². The van der Waals surface area contributed by atoms with Gasteiger partial charge in [-0.15, -0.1) is 0 Å². The fourth-order valence-corrected chi connectivity index (χ4v) is 2.48. The lowest BCUT2D eigenvalue weighted by Crippen LogP contribution is -1.96. The fraction of sp³-hybridized carbons (Fsp3) is 0.250. The molecular weight excluding hydrogens is 254 g/mol. The standard InChI is InChI=1S/C12H13NO4S/c1-16-8-5-3-4-7(10(8)17-2)6-9-11(14)13-12(15)18-9/h3-5,14H,6H2,1-2H3,(H,13,15). The molecule has 0 aliphatic heterocycles. The minimum Gasteiger partial charge on any atom is -0.494 e. The van der Waals surface area contributed by atoms with E-state index in [0.29, 0.717) is 22.8 Å². The largest absolute Gasteiger partial charge is 0.494 e. The van der Waals surface area contributed by atoms with Crippen LogP contribution in [0.25, 0.3) is 0 Å². The Kier molecular flexibility index (Phi) is 3.57. The van der Waals surface area contributed by atoms with Crippen LogP contribution in [0.2, 0.25) is 0 Å². The van der Waals surface area contributed by atoms with Gasteiger partial charge in [0.2, 0.25) is 5.88 Å². The highest BCUT2D eigenvalue weighted by atomic mass is 32.1. The number of hydrogen-bond donors (Lipinski definition) is 2. The molecule has 2 N–H and O–H groups in total. The zero-order valence-electron chi connectivity index (χ0n) is 10.0. The van der Waals surface area contributed by atoms with E-state index in [9.17, 15) is 9.90 Å². The summed E-state index contributed by atoms with van der Waals surface area (Å²) in [5, 5.41) is 9.57. The summed E-state index contributed by atoms with van der Waals surface area (Å²) in [7, 11) is 3.12. The zero-order valence-corrected chi connectivity index (χ0v) is 10.8. The second kappa shape index (κ2) is 5.14. The van der Waals surface area contributed by atoms with Gasteiger partial charge in [-0.25, -0.2) is 0 Å². The molecule has 0 fully saturated rings. The summed E-state index contributed by atoms with van der Waals surface area (Å²) in [6, 6.07) is 5.50. The van der Waals surface area contributed by atoms with E-state index < -0.39 is 0 Å². The molecule has 0 bridgehead atoms. The second-order valence-electron chi connectivity index (χ2n) is 3.62. The Bertz CT molecular complexity index is 602. The Labute approximate surface area is 108 Å². The predicted octanol–water partition coefficient (Wildman–Crippen LogP) is 1.75. The minimum atomic E-state index is -0.274. The molecule has 0 radical (unpaired) electrons. The van der Waals surface area contributed by atoms with Gasteiger partial charge in [-0.05, 0) is 6.07 Å². The van der Waals surface area contributed by atoms with Crippen LogP contribution in [-0.4, -0.2) is 24.3 Å². The number of para-hydroxylation sites is 1. The monoisotopic (exact) mass is 267 g/mol. The number of ether oxygens (including phenoxy) is 2. The predicted molar refractivity (Wildman–Crippen MR) is 69.0 cm³/mol. The van der Waals surface area contributed by atoms with E-state index in [2.05, 4.69) is 4.98 Å². The van der Waals surface area contributed by atoms with Crippen LogP contribution in [0, 0.1) is 0 Å². The van der Waals surface area contributed by atoms with E-state index in [1.165, 1.54) is 0 Å². The minimum absolute atomic E-state index is 0.0881. The van der Waals surface area contributed by atoms with Crippen molar-refractivity contribution >= 4 is 11.3 Å². The normalized spacial score (nSPS) is 10.3. The van der Waals surface area contributed by atoms with Crippen LogP contribution in [0.1, 0.15) is 10.4 Å². The maximum atomic E-state index is 11.1. The van der Waals surface area contributed by atoms with Crippen LogP contribution in [0.4, 0.5) is 0 Å². The van der Waals surface area contributed by atoms with Crippen LogP contribution >= 0.6 is 11.3 Å². The van der Waals surface area contributed by atoms with Crippen molar-refractivity contribution in [2.75, 3.05) is 14.2 Å². The van der Waals surface area contributed by atoms with Crippen molar-refractivity contribution in [2.45, 2.75) is 6.42 Å². The first-order chi connectivity index (χ1) is 8.65. The first-order valence-corrected chi connectivity index (χ1v) is 6.08. The van der Waals surface area contributed by atoms with Gasteiger partial charge >= 0.3 is 4.87 Å². The highest BCUT2D eigenvalue weighted by molar-refractivity contribution is 7.09. The lowest BCUT2D eigenvalue weighted by Gasteiger charge is -2.11. The van der Waals surface area contributed by atoms with Gasteiger partial charge in [0.05, 0.1) is 19.1 Å². The molecular formula is C12H13NO4S. The molecule has 5 nitrogen and oxygen atoms in total. The number of nitrogens with one attached hydrogen (secondary N) is 1. The van der Waals surface area contributed by atoms with Crippen LogP contribution in [0.5, 0.6) is 17.4 Å². The SMILES string of the molecule is COc1cccc(Cc2sc(=O)[nH]c2O)c1OC. The summed E-state index contributed by atoms with van der Waals surface area (Å²) < 4.78 is 10.5. The number of aromatic amines is 1. The molecule has 1 aromatic heterocycles. The number of benzene rings is 1. The molecule has 6 heteroatoms. The van der Waals surface area contributed by atoms with Crippen molar-refractivity contribution in [3.63, 3.8) is 0 Å². The van der Waals surface area contributed by atoms with Crippen molar-refractivity contribution in [1.29, 1.82) is 0 Å². The Balaban J connectivity index is 2.40. The van der Waals surface area contributed by atoms with E-state index in [1.807, 2.05) is 12.1 Å². The Morgan fingerprint density at radius 1 is 1.33 bits per heavy atom. The van der Waals surface area contributed by atoms with Gasteiger partial charge in [-0.1, -0.05) is 23.5 Å². The third-order valence-corrected chi connectivity index (χ3v) is 3.41. The van der Waals surface area contributed by atoms with E-state index in [0.717, 1.165) is 16.9 Å². The Morgan fingerprint density at radius 2 is 2.11 bits per heavy atom. The zero-order chi connectivity index (χ0) is 13.1. The molecule has 0 saturated carbocycles. The van der Waals surface area contributed by atoms with Crippen LogP contribution in [0.15, 0.2) is 23.0 Å². The van der Waals surface area contributed by atoms with Crippen LogP contribution < -0.4 is 14.3 Å². The first kappa shape index (κ1) is 12.5. The third kappa shape index (κ3) is 2.33. The van der Waals surface area contributed by atoms with Crippen molar-refractivity contribution in [3.8, 4) is 17.4 Å². The van der Waals surface area contributed by atoms with Crippen molar-refractivity contribution in [3.05, 3.63) is 38.3 Å². The molecule has 0 amide bonds. The summed E-state index contributed by atoms with van der Waals surface area (Å²) >= 11 is 0.984. The summed E-state index contributed by atoms with van der Waals surface area (Å²) in [6.07, 6.45) is 0.412. The molecule has 0 aliphatic rings. The number of thiazole rings is 1. The van der Waals surface area contributed by atoms with Gasteiger partial charge in [0.25, 0.3) is 0 Å². The molecule has 2 aromatic rings. The quantitative estimate of drug-likeness (QED) is 0.885. The number of methoxy groups -OCH3 is 2. The van der Waals surface area contributed by atoms with Gasteiger partial charge < -0.3 is 14.6 Å². The molecule has 0 saturated heterocycles. The van der Waals surface area contributed by atoms with E-state index >= 15 is 0 Å². The van der Waals surface area contributed by atoms with E-state index in [1.54, 1.807) is 20.3 Å². The van der Waals surface area contributed by atoms with Gasteiger partial charge in [0.15, 0.2) is 11.5 Å². The average molecular weight is 267 g/mol. The maximum Gasteiger partial charge on any atom is 0.307 e. The smallest absolute Gasteiger partial charge is 0.307 e. The van der Waals surface area contributed by atoms with Gasteiger partial charge in [-0.3, -0.25) is 9.78 Å². The maximum absolute atomic E-state index is 11.1.